The summed E-state index contributed by atoms with van der Waals surface area (Å²) in [5.41, 5.74) is 2.30. The van der Waals surface area contributed by atoms with Gasteiger partial charge in [0.25, 0.3) is 0 Å². The van der Waals surface area contributed by atoms with E-state index >= 15 is 0 Å². The molecule has 4 aromatic rings. The molecule has 0 saturated carbocycles. The minimum absolute atomic E-state index is 0.268. The van der Waals surface area contributed by atoms with Crippen molar-refractivity contribution in [2.24, 2.45) is 0 Å². The molecule has 0 atom stereocenters. The van der Waals surface area contributed by atoms with E-state index in [0.717, 1.165) is 40.1 Å². The Hall–Kier alpha value is -3.44. The standard InChI is InChI=1S/C31H29ClF4N4O2S/c1-43(41,42)30-28(35)26(33)25(27(34)29(30)36)19-8-4-13-39(14-5-9-19)31-20-12-15-40(16-22(20)37-17-38-31)23-11-3-7-18-6-2-10-21(32)24(18)23/h2-3,6-7,10-11,17,19H,4-5,8-9,12-16H2,1H3. The predicted octanol–water partition coefficient (Wildman–Crippen LogP) is 6.97. The molecule has 2 aliphatic heterocycles. The molecular formula is C31H29ClF4N4O2S. The number of hydrogen-bond acceptors (Lipinski definition) is 6. The third kappa shape index (κ3) is 5.42. The van der Waals surface area contributed by atoms with E-state index in [1.165, 1.54) is 0 Å². The first-order valence-corrected chi connectivity index (χ1v) is 16.4. The Morgan fingerprint density at radius 3 is 2.16 bits per heavy atom. The van der Waals surface area contributed by atoms with Gasteiger partial charge >= 0.3 is 0 Å². The molecule has 3 heterocycles. The van der Waals surface area contributed by atoms with Crippen molar-refractivity contribution in [1.82, 2.24) is 9.97 Å². The molecule has 1 fully saturated rings. The molecule has 0 radical (unpaired) electrons. The lowest BCUT2D eigenvalue weighted by Crippen LogP contribution is -2.35. The van der Waals surface area contributed by atoms with E-state index in [2.05, 4.69) is 25.8 Å². The molecule has 0 N–H and O–H groups in total. The molecule has 12 heteroatoms. The highest BCUT2D eigenvalue weighted by Crippen LogP contribution is 2.39. The number of fused-ring (bicyclic) bond motifs is 2. The van der Waals surface area contributed by atoms with Crippen LogP contribution in [0.3, 0.4) is 0 Å². The van der Waals surface area contributed by atoms with Crippen molar-refractivity contribution in [3.05, 3.63) is 87.8 Å². The van der Waals surface area contributed by atoms with Crippen molar-refractivity contribution in [1.29, 1.82) is 0 Å². The van der Waals surface area contributed by atoms with Crippen molar-refractivity contribution in [2.45, 2.75) is 49.5 Å². The van der Waals surface area contributed by atoms with Crippen LogP contribution in [-0.2, 0) is 22.8 Å². The summed E-state index contributed by atoms with van der Waals surface area (Å²) >= 11 is 6.58. The maximum absolute atomic E-state index is 15.0. The fourth-order valence-corrected chi connectivity index (χ4v) is 7.59. The molecule has 2 aliphatic rings. The summed E-state index contributed by atoms with van der Waals surface area (Å²) in [4.78, 5) is 12.0. The number of anilines is 2. The highest BCUT2D eigenvalue weighted by Gasteiger charge is 2.34. The van der Waals surface area contributed by atoms with Crippen LogP contribution in [-0.4, -0.2) is 44.3 Å². The highest BCUT2D eigenvalue weighted by atomic mass is 35.5. The summed E-state index contributed by atoms with van der Waals surface area (Å²) in [6, 6.07) is 12.0. The van der Waals surface area contributed by atoms with Gasteiger partial charge in [0.2, 0.25) is 0 Å². The third-order valence-corrected chi connectivity index (χ3v) is 9.87. The number of halogens is 5. The van der Waals surface area contributed by atoms with Gasteiger partial charge in [-0.3, -0.25) is 0 Å². The summed E-state index contributed by atoms with van der Waals surface area (Å²) in [5, 5.41) is 2.76. The lowest BCUT2D eigenvalue weighted by molar-refractivity contribution is 0.382. The van der Waals surface area contributed by atoms with E-state index in [1.807, 2.05) is 30.3 Å². The van der Waals surface area contributed by atoms with Crippen LogP contribution in [0.15, 0.2) is 47.6 Å². The maximum atomic E-state index is 15.0. The van der Waals surface area contributed by atoms with Gasteiger partial charge in [-0.25, -0.2) is 35.9 Å². The molecule has 0 bridgehead atoms. The molecule has 1 saturated heterocycles. The van der Waals surface area contributed by atoms with E-state index in [1.54, 1.807) is 6.33 Å². The zero-order chi connectivity index (χ0) is 30.5. The Balaban J connectivity index is 1.21. The predicted molar refractivity (Wildman–Crippen MR) is 159 cm³/mol. The van der Waals surface area contributed by atoms with E-state index < -0.39 is 49.5 Å². The fourth-order valence-electron chi connectivity index (χ4n) is 6.48. The van der Waals surface area contributed by atoms with Crippen molar-refractivity contribution in [3.63, 3.8) is 0 Å². The van der Waals surface area contributed by atoms with E-state index in [-0.39, 0.29) is 12.8 Å². The highest BCUT2D eigenvalue weighted by molar-refractivity contribution is 7.90. The molecule has 0 unspecified atom stereocenters. The Labute approximate surface area is 252 Å². The van der Waals surface area contributed by atoms with Gasteiger partial charge in [0.05, 0.1) is 17.3 Å². The van der Waals surface area contributed by atoms with Crippen LogP contribution in [0.5, 0.6) is 0 Å². The quantitative estimate of drug-likeness (QED) is 0.179. The van der Waals surface area contributed by atoms with Crippen molar-refractivity contribution >= 4 is 43.7 Å². The molecule has 226 valence electrons. The second kappa shape index (κ2) is 11.6. The molecule has 0 spiro atoms. The minimum atomic E-state index is -4.50. The number of hydrogen-bond donors (Lipinski definition) is 0. The smallest absolute Gasteiger partial charge is 0.181 e. The van der Waals surface area contributed by atoms with Gasteiger partial charge in [0.15, 0.2) is 33.1 Å². The zero-order valence-electron chi connectivity index (χ0n) is 23.4. The van der Waals surface area contributed by atoms with E-state index in [9.17, 15) is 26.0 Å². The SMILES string of the molecule is CS(=O)(=O)c1c(F)c(F)c(C2CCCN(c3ncnc4c3CCN(c3cccc5cccc(Cl)c35)C4)CCC2)c(F)c1F. The molecular weight excluding hydrogens is 604 g/mol. The molecule has 3 aromatic carbocycles. The fraction of sp³-hybridized carbons (Fsp3) is 0.355. The monoisotopic (exact) mass is 632 g/mol. The Morgan fingerprint density at radius 1 is 0.860 bits per heavy atom. The second-order valence-electron chi connectivity index (χ2n) is 11.1. The largest absolute Gasteiger partial charge is 0.365 e. The van der Waals surface area contributed by atoms with Crippen molar-refractivity contribution in [3.8, 4) is 0 Å². The Kier molecular flexibility index (Phi) is 7.97. The molecule has 0 amide bonds. The van der Waals surface area contributed by atoms with Crippen LogP contribution in [0.4, 0.5) is 29.1 Å². The van der Waals surface area contributed by atoms with Crippen LogP contribution in [0, 0.1) is 23.3 Å². The zero-order valence-corrected chi connectivity index (χ0v) is 25.0. The summed E-state index contributed by atoms with van der Waals surface area (Å²) in [6.45, 7) is 2.38. The van der Waals surface area contributed by atoms with Gasteiger partial charge in [0, 0.05) is 48.1 Å². The molecule has 0 aliphatic carbocycles. The van der Waals surface area contributed by atoms with E-state index in [0.29, 0.717) is 50.2 Å². The number of nitrogens with zero attached hydrogens (tertiary/aromatic N) is 4. The lowest BCUT2D eigenvalue weighted by Gasteiger charge is -2.35. The van der Waals surface area contributed by atoms with Gasteiger partial charge in [-0.15, -0.1) is 0 Å². The van der Waals surface area contributed by atoms with Crippen molar-refractivity contribution < 1.29 is 26.0 Å². The van der Waals surface area contributed by atoms with Gasteiger partial charge in [-0.1, -0.05) is 35.9 Å². The molecule has 43 heavy (non-hydrogen) atoms. The minimum Gasteiger partial charge on any atom is -0.365 e. The van der Waals surface area contributed by atoms with E-state index in [4.69, 9.17) is 11.6 Å². The molecule has 6 rings (SSSR count). The van der Waals surface area contributed by atoms with Crippen LogP contribution in [0.1, 0.15) is 48.4 Å². The summed E-state index contributed by atoms with van der Waals surface area (Å²) in [5.74, 6) is -6.97. The van der Waals surface area contributed by atoms with Crippen LogP contribution >= 0.6 is 11.6 Å². The lowest BCUT2D eigenvalue weighted by atomic mass is 9.87. The number of benzene rings is 3. The van der Waals surface area contributed by atoms with Crippen molar-refractivity contribution in [2.75, 3.05) is 35.7 Å². The number of rotatable bonds is 4. The summed E-state index contributed by atoms with van der Waals surface area (Å²) < 4.78 is 82.7. The van der Waals surface area contributed by atoms with Crippen LogP contribution < -0.4 is 9.80 Å². The maximum Gasteiger partial charge on any atom is 0.181 e. The molecule has 6 nitrogen and oxygen atoms in total. The Morgan fingerprint density at radius 2 is 1.51 bits per heavy atom. The first-order chi connectivity index (χ1) is 20.6. The van der Waals surface area contributed by atoms with Crippen LogP contribution in [0.25, 0.3) is 10.8 Å². The first-order valence-electron chi connectivity index (χ1n) is 14.1. The summed E-state index contributed by atoms with van der Waals surface area (Å²) in [7, 11) is -4.50. The summed E-state index contributed by atoms with van der Waals surface area (Å²) in [6.07, 6.45) is 4.29. The molecule has 1 aromatic heterocycles. The normalized spacial score (nSPS) is 16.7. The second-order valence-corrected chi connectivity index (χ2v) is 13.5. The van der Waals surface area contributed by atoms with Crippen LogP contribution in [0.2, 0.25) is 5.02 Å². The van der Waals surface area contributed by atoms with Gasteiger partial charge in [0.1, 0.15) is 17.0 Å². The number of sulfone groups is 1. The number of aromatic nitrogens is 2. The van der Waals surface area contributed by atoms with Gasteiger partial charge in [-0.2, -0.15) is 0 Å². The van der Waals surface area contributed by atoms with Gasteiger partial charge < -0.3 is 9.80 Å². The average Bonchev–Trinajstić information content (AvgIpc) is 2.96. The first kappa shape index (κ1) is 29.6. The Bertz CT molecular complexity index is 1790. The van der Waals surface area contributed by atoms with Gasteiger partial charge in [-0.05, 0) is 55.5 Å². The third-order valence-electron chi connectivity index (χ3n) is 8.45. The topological polar surface area (TPSA) is 66.4 Å². The average molecular weight is 633 g/mol.